The maximum atomic E-state index is 12.0. The van der Waals surface area contributed by atoms with E-state index in [-0.39, 0.29) is 20.0 Å². The van der Waals surface area contributed by atoms with Crippen molar-refractivity contribution in [3.63, 3.8) is 0 Å². The predicted octanol–water partition coefficient (Wildman–Crippen LogP) is 2.98. The molecule has 2 N–H and O–H groups in total. The highest BCUT2D eigenvalue weighted by atomic mass is 35.5. The molecular weight excluding hydrogens is 333 g/mol. The third-order valence-corrected chi connectivity index (χ3v) is 5.58. The van der Waals surface area contributed by atoms with Crippen LogP contribution in [-0.2, 0) is 14.8 Å². The Hall–Kier alpha value is -0.340. The smallest absolute Gasteiger partial charge is 0.321 e. The SMILES string of the molecule is CCCCC(NS(=O)(=O)c1cc(Cl)sc1Cl)C(=O)O. The van der Waals surface area contributed by atoms with Crippen LogP contribution in [0.4, 0.5) is 0 Å². The first-order valence-corrected chi connectivity index (χ1v) is 8.53. The molecule has 1 aromatic rings. The van der Waals surface area contributed by atoms with Crippen LogP contribution >= 0.6 is 34.5 Å². The molecule has 0 spiro atoms. The Balaban J connectivity index is 2.94. The zero-order chi connectivity index (χ0) is 14.6. The highest BCUT2D eigenvalue weighted by Crippen LogP contribution is 2.34. The van der Waals surface area contributed by atoms with Crippen molar-refractivity contribution in [1.29, 1.82) is 0 Å². The molecule has 0 aliphatic rings. The summed E-state index contributed by atoms with van der Waals surface area (Å²) < 4.78 is 26.4. The molecule has 9 heteroatoms. The summed E-state index contributed by atoms with van der Waals surface area (Å²) in [5, 5.41) is 9.00. The summed E-state index contributed by atoms with van der Waals surface area (Å²) in [5.41, 5.74) is 0. The molecule has 0 fully saturated rings. The molecule has 0 aliphatic carbocycles. The van der Waals surface area contributed by atoms with Gasteiger partial charge in [0, 0.05) is 0 Å². The molecule has 108 valence electrons. The summed E-state index contributed by atoms with van der Waals surface area (Å²) in [4.78, 5) is 10.8. The molecule has 1 aromatic heterocycles. The summed E-state index contributed by atoms with van der Waals surface area (Å²) in [7, 11) is -3.98. The van der Waals surface area contributed by atoms with Crippen molar-refractivity contribution >= 4 is 50.5 Å². The maximum absolute atomic E-state index is 12.0. The van der Waals surface area contributed by atoms with E-state index in [0.29, 0.717) is 6.42 Å². The van der Waals surface area contributed by atoms with Gasteiger partial charge in [0.15, 0.2) is 0 Å². The third-order valence-electron chi connectivity index (χ3n) is 2.36. The molecule has 0 saturated carbocycles. The van der Waals surface area contributed by atoms with Crippen LogP contribution in [0.5, 0.6) is 0 Å². The van der Waals surface area contributed by atoms with Crippen LogP contribution in [0.2, 0.25) is 8.67 Å². The predicted molar refractivity (Wildman–Crippen MR) is 75.6 cm³/mol. The van der Waals surface area contributed by atoms with Crippen molar-refractivity contribution in [2.45, 2.75) is 37.1 Å². The second-order valence-electron chi connectivity index (χ2n) is 3.84. The maximum Gasteiger partial charge on any atom is 0.321 e. The first kappa shape index (κ1) is 16.7. The second-order valence-corrected chi connectivity index (χ2v) is 7.81. The van der Waals surface area contributed by atoms with Gasteiger partial charge in [0.2, 0.25) is 10.0 Å². The van der Waals surface area contributed by atoms with Gasteiger partial charge in [-0.3, -0.25) is 4.79 Å². The monoisotopic (exact) mass is 345 g/mol. The average Bonchev–Trinajstić information content (AvgIpc) is 2.64. The van der Waals surface area contributed by atoms with Crippen LogP contribution in [0.3, 0.4) is 0 Å². The largest absolute Gasteiger partial charge is 0.480 e. The number of carbonyl (C=O) groups is 1. The quantitative estimate of drug-likeness (QED) is 0.795. The van der Waals surface area contributed by atoms with E-state index in [0.717, 1.165) is 17.8 Å². The van der Waals surface area contributed by atoms with E-state index in [1.807, 2.05) is 6.92 Å². The van der Waals surface area contributed by atoms with Gasteiger partial charge in [-0.05, 0) is 12.5 Å². The highest BCUT2D eigenvalue weighted by Gasteiger charge is 2.27. The molecule has 1 atom stereocenters. The van der Waals surface area contributed by atoms with Gasteiger partial charge in [-0.1, -0.05) is 43.0 Å². The Labute approximate surface area is 125 Å². The number of carboxylic acids is 1. The topological polar surface area (TPSA) is 83.5 Å². The third kappa shape index (κ3) is 4.61. The zero-order valence-electron chi connectivity index (χ0n) is 10.0. The molecule has 1 unspecified atom stereocenters. The zero-order valence-corrected chi connectivity index (χ0v) is 13.2. The minimum atomic E-state index is -3.98. The standard InChI is InChI=1S/C10H13Cl2NO4S2/c1-2-3-4-6(10(14)15)13-19(16,17)7-5-8(11)18-9(7)12/h5-6,13H,2-4H2,1H3,(H,14,15). The first-order chi connectivity index (χ1) is 8.77. The highest BCUT2D eigenvalue weighted by molar-refractivity contribution is 7.89. The van der Waals surface area contributed by atoms with Crippen LogP contribution in [-0.4, -0.2) is 25.5 Å². The van der Waals surface area contributed by atoms with E-state index >= 15 is 0 Å². The van der Waals surface area contributed by atoms with Crippen molar-refractivity contribution in [3.05, 3.63) is 14.7 Å². The molecule has 0 aromatic carbocycles. The average molecular weight is 346 g/mol. The number of halogens is 2. The first-order valence-electron chi connectivity index (χ1n) is 5.48. The van der Waals surface area contributed by atoms with Crippen molar-refractivity contribution in [3.8, 4) is 0 Å². The number of aliphatic carboxylic acids is 1. The molecule has 1 rings (SSSR count). The summed E-state index contributed by atoms with van der Waals surface area (Å²) in [5.74, 6) is -1.21. The fourth-order valence-electron chi connectivity index (χ4n) is 1.40. The summed E-state index contributed by atoms with van der Waals surface area (Å²) >= 11 is 12.4. The van der Waals surface area contributed by atoms with Crippen LogP contribution in [0.15, 0.2) is 11.0 Å². The number of rotatable bonds is 7. The molecule has 1 heterocycles. The summed E-state index contributed by atoms with van der Waals surface area (Å²) in [6.45, 7) is 1.89. The van der Waals surface area contributed by atoms with Crippen molar-refractivity contribution in [2.75, 3.05) is 0 Å². The van der Waals surface area contributed by atoms with Gasteiger partial charge in [0.1, 0.15) is 15.3 Å². The van der Waals surface area contributed by atoms with E-state index in [1.54, 1.807) is 0 Å². The molecule has 0 bridgehead atoms. The molecular formula is C10H13Cl2NO4S2. The fourth-order valence-corrected chi connectivity index (χ4v) is 4.77. The van der Waals surface area contributed by atoms with E-state index in [2.05, 4.69) is 4.72 Å². The summed E-state index contributed by atoms with van der Waals surface area (Å²) in [6.07, 6.45) is 1.61. The lowest BCUT2D eigenvalue weighted by molar-refractivity contribution is -0.139. The number of hydrogen-bond acceptors (Lipinski definition) is 4. The Morgan fingerprint density at radius 2 is 2.16 bits per heavy atom. The number of carboxylic acid groups (broad SMARTS) is 1. The molecule has 19 heavy (non-hydrogen) atoms. The minimum absolute atomic E-state index is 0.0112. The summed E-state index contributed by atoms with van der Waals surface area (Å²) in [6, 6.07) is 0.0370. The van der Waals surface area contributed by atoms with E-state index in [1.165, 1.54) is 6.07 Å². The van der Waals surface area contributed by atoms with E-state index in [4.69, 9.17) is 28.3 Å². The normalized spacial score (nSPS) is 13.4. The van der Waals surface area contributed by atoms with Crippen LogP contribution in [0, 0.1) is 0 Å². The van der Waals surface area contributed by atoms with Gasteiger partial charge < -0.3 is 5.11 Å². The number of sulfonamides is 1. The minimum Gasteiger partial charge on any atom is -0.480 e. The molecule has 0 aliphatic heterocycles. The fraction of sp³-hybridized carbons (Fsp3) is 0.500. The Bertz CT molecular complexity index is 556. The van der Waals surface area contributed by atoms with Crippen LogP contribution < -0.4 is 4.72 Å². The lowest BCUT2D eigenvalue weighted by Gasteiger charge is -2.13. The van der Waals surface area contributed by atoms with Crippen molar-refractivity contribution in [2.24, 2.45) is 0 Å². The number of nitrogens with one attached hydrogen (secondary N) is 1. The van der Waals surface area contributed by atoms with E-state index < -0.39 is 22.0 Å². The van der Waals surface area contributed by atoms with Crippen LogP contribution in [0.1, 0.15) is 26.2 Å². The Morgan fingerprint density at radius 3 is 2.58 bits per heavy atom. The molecule has 0 saturated heterocycles. The van der Waals surface area contributed by atoms with Gasteiger partial charge in [-0.25, -0.2) is 8.42 Å². The van der Waals surface area contributed by atoms with Gasteiger partial charge in [0.25, 0.3) is 0 Å². The van der Waals surface area contributed by atoms with Gasteiger partial charge in [-0.15, -0.1) is 11.3 Å². The second kappa shape index (κ2) is 6.90. The molecule has 0 radical (unpaired) electrons. The Kier molecular flexibility index (Phi) is 6.07. The van der Waals surface area contributed by atoms with Gasteiger partial charge in [0.05, 0.1) is 4.34 Å². The van der Waals surface area contributed by atoms with Crippen LogP contribution in [0.25, 0.3) is 0 Å². The lowest BCUT2D eigenvalue weighted by Crippen LogP contribution is -2.40. The number of unbranched alkanes of at least 4 members (excludes halogenated alkanes) is 1. The molecule has 5 nitrogen and oxygen atoms in total. The van der Waals surface area contributed by atoms with Crippen molar-refractivity contribution in [1.82, 2.24) is 4.72 Å². The number of hydrogen-bond donors (Lipinski definition) is 2. The van der Waals surface area contributed by atoms with Crippen molar-refractivity contribution < 1.29 is 18.3 Å². The van der Waals surface area contributed by atoms with E-state index in [9.17, 15) is 13.2 Å². The molecule has 0 amide bonds. The lowest BCUT2D eigenvalue weighted by atomic mass is 10.1. The van der Waals surface area contributed by atoms with Gasteiger partial charge in [-0.2, -0.15) is 4.72 Å². The Morgan fingerprint density at radius 1 is 1.53 bits per heavy atom. The number of thiophene rings is 1. The van der Waals surface area contributed by atoms with Gasteiger partial charge >= 0.3 is 5.97 Å².